The molecule has 0 atom stereocenters. The van der Waals surface area contributed by atoms with E-state index in [1.165, 1.54) is 138 Å². The van der Waals surface area contributed by atoms with Crippen molar-refractivity contribution in [2.75, 3.05) is 4.90 Å². The fourth-order valence-corrected chi connectivity index (χ4v) is 14.4. The number of nitrogens with zero attached hydrogens (tertiary/aromatic N) is 2. The third kappa shape index (κ3) is 8.94. The predicted molar refractivity (Wildman–Crippen MR) is 378 cm³/mol. The quantitative estimate of drug-likeness (QED) is 0.132. The van der Waals surface area contributed by atoms with Gasteiger partial charge in [-0.1, -0.05) is 244 Å². The third-order valence-electron chi connectivity index (χ3n) is 18.9. The molecular formula is C87H60N2. The third-order valence-corrected chi connectivity index (χ3v) is 18.9. The van der Waals surface area contributed by atoms with E-state index in [1.54, 1.807) is 0 Å². The molecule has 16 aromatic rings. The van der Waals surface area contributed by atoms with Crippen molar-refractivity contribution < 1.29 is 0 Å². The lowest BCUT2D eigenvalue weighted by Crippen LogP contribution is -2.16. The minimum Gasteiger partial charge on any atom is -0.310 e. The highest BCUT2D eigenvalue weighted by Gasteiger charge is 2.36. The molecule has 0 bridgehead atoms. The van der Waals surface area contributed by atoms with Gasteiger partial charge in [0.15, 0.2) is 0 Å². The summed E-state index contributed by atoms with van der Waals surface area (Å²) in [7, 11) is 0. The van der Waals surface area contributed by atoms with Crippen molar-refractivity contribution in [3.63, 3.8) is 0 Å². The first-order valence-corrected chi connectivity index (χ1v) is 30.9. The first kappa shape index (κ1) is 52.0. The van der Waals surface area contributed by atoms with Crippen molar-refractivity contribution >= 4 is 71.2 Å². The van der Waals surface area contributed by atoms with E-state index in [0.717, 1.165) is 28.3 Å². The van der Waals surface area contributed by atoms with E-state index in [0.29, 0.717) is 0 Å². The van der Waals surface area contributed by atoms with Crippen molar-refractivity contribution in [2.24, 2.45) is 0 Å². The number of benzene rings is 15. The topological polar surface area (TPSA) is 8.17 Å². The van der Waals surface area contributed by atoms with Gasteiger partial charge in [-0.25, -0.2) is 0 Å². The van der Waals surface area contributed by atoms with Crippen LogP contribution in [0.1, 0.15) is 25.0 Å². The van der Waals surface area contributed by atoms with E-state index in [-0.39, 0.29) is 5.41 Å². The molecule has 0 fully saturated rings. The van der Waals surface area contributed by atoms with E-state index >= 15 is 0 Å². The summed E-state index contributed by atoms with van der Waals surface area (Å²) in [6, 6.07) is 122. The molecule has 0 radical (unpaired) electrons. The second-order valence-corrected chi connectivity index (χ2v) is 24.5. The molecule has 0 saturated heterocycles. The molecule has 0 amide bonds. The van der Waals surface area contributed by atoms with Crippen LogP contribution in [0.15, 0.2) is 328 Å². The Morgan fingerprint density at radius 3 is 1.35 bits per heavy atom. The van der Waals surface area contributed by atoms with Crippen molar-refractivity contribution in [1.29, 1.82) is 0 Å². The fourth-order valence-electron chi connectivity index (χ4n) is 14.4. The summed E-state index contributed by atoms with van der Waals surface area (Å²) in [5.41, 5.74) is 26.3. The minimum atomic E-state index is -0.132. The first-order chi connectivity index (χ1) is 43.8. The van der Waals surface area contributed by atoms with E-state index in [1.807, 2.05) is 0 Å². The van der Waals surface area contributed by atoms with Gasteiger partial charge < -0.3 is 9.47 Å². The van der Waals surface area contributed by atoms with Gasteiger partial charge in [0.1, 0.15) is 0 Å². The van der Waals surface area contributed by atoms with Gasteiger partial charge in [-0.2, -0.15) is 0 Å². The number of hydrogen-bond donors (Lipinski definition) is 0. The molecule has 89 heavy (non-hydrogen) atoms. The molecule has 0 aliphatic heterocycles. The molecule has 0 N–H and O–H groups in total. The highest BCUT2D eigenvalue weighted by Crippen LogP contribution is 2.51. The Bertz CT molecular complexity index is 5430. The number of hydrogen-bond acceptors (Lipinski definition) is 1. The van der Waals surface area contributed by atoms with Crippen LogP contribution in [0.2, 0.25) is 0 Å². The molecule has 0 spiro atoms. The van der Waals surface area contributed by atoms with Gasteiger partial charge in [-0.05, 0) is 218 Å². The number of rotatable bonds is 10. The molecule has 1 heterocycles. The standard InChI is InChI=1S/C87H60N2/c1-87(2)82-27-14-13-26-77(82)78-47-45-75(56-83(78)87)88(73-41-34-60(35-42-73)57-16-5-3-6-17-57)74-43-36-61(37-44-74)67-39-48-84-80(54-67)81-55-69(40-49-85(81)89(84)72-24-7-4-8-25-72)65-22-15-23-71(52-65)86-76(70-33-29-59-19-10-12-21-64(59)51-70)46-38-62-30-32-68(53-79(62)86)66-31-28-58-18-9-11-20-63(58)50-66/h3-56H,1-2H3. The lowest BCUT2D eigenvalue weighted by atomic mass is 9.82. The van der Waals surface area contributed by atoms with Gasteiger partial charge in [0.05, 0.1) is 11.0 Å². The van der Waals surface area contributed by atoms with Gasteiger partial charge in [0, 0.05) is 38.9 Å². The highest BCUT2D eigenvalue weighted by molar-refractivity contribution is 6.12. The number of para-hydroxylation sites is 1. The number of fused-ring (bicyclic) bond motifs is 9. The smallest absolute Gasteiger partial charge is 0.0541 e. The normalized spacial score (nSPS) is 12.5. The Morgan fingerprint density at radius 2 is 0.674 bits per heavy atom. The Hall–Kier alpha value is -11.3. The Balaban J connectivity index is 0.779. The van der Waals surface area contributed by atoms with Crippen molar-refractivity contribution in [2.45, 2.75) is 19.3 Å². The first-order valence-electron chi connectivity index (χ1n) is 30.9. The largest absolute Gasteiger partial charge is 0.310 e. The van der Waals surface area contributed by atoms with Gasteiger partial charge in [0.2, 0.25) is 0 Å². The molecule has 0 unspecified atom stereocenters. The molecule has 2 nitrogen and oxygen atoms in total. The summed E-state index contributed by atoms with van der Waals surface area (Å²) in [6.45, 7) is 4.72. The van der Waals surface area contributed by atoms with E-state index in [9.17, 15) is 0 Å². The van der Waals surface area contributed by atoms with Crippen LogP contribution in [-0.2, 0) is 5.41 Å². The Labute approximate surface area is 519 Å². The fraction of sp³-hybridized carbons (Fsp3) is 0.0345. The van der Waals surface area contributed by atoms with Gasteiger partial charge in [0.25, 0.3) is 0 Å². The molecule has 1 aliphatic rings. The zero-order valence-corrected chi connectivity index (χ0v) is 49.6. The summed E-state index contributed by atoms with van der Waals surface area (Å²) in [4.78, 5) is 2.42. The average molecular weight is 1130 g/mol. The lowest BCUT2D eigenvalue weighted by Gasteiger charge is -2.28. The zero-order chi connectivity index (χ0) is 59.2. The van der Waals surface area contributed by atoms with Crippen LogP contribution in [-0.4, -0.2) is 4.57 Å². The number of anilines is 3. The molecule has 15 aromatic carbocycles. The average Bonchev–Trinajstić information content (AvgIpc) is 1.75. The maximum Gasteiger partial charge on any atom is 0.0541 e. The molecule has 2 heteroatoms. The van der Waals surface area contributed by atoms with E-state index in [2.05, 4.69) is 351 Å². The van der Waals surface area contributed by atoms with Crippen molar-refractivity contribution in [1.82, 2.24) is 4.57 Å². The second-order valence-electron chi connectivity index (χ2n) is 24.5. The molecule has 17 rings (SSSR count). The van der Waals surface area contributed by atoms with Crippen LogP contribution in [0.3, 0.4) is 0 Å². The number of aromatic nitrogens is 1. The monoisotopic (exact) mass is 1130 g/mol. The van der Waals surface area contributed by atoms with Gasteiger partial charge in [-0.3, -0.25) is 0 Å². The van der Waals surface area contributed by atoms with Crippen molar-refractivity contribution in [3.05, 3.63) is 339 Å². The molecular weight excluding hydrogens is 1070 g/mol. The summed E-state index contributed by atoms with van der Waals surface area (Å²) in [5, 5.41) is 9.80. The minimum absolute atomic E-state index is 0.132. The van der Waals surface area contributed by atoms with E-state index < -0.39 is 0 Å². The summed E-state index contributed by atoms with van der Waals surface area (Å²) in [6.07, 6.45) is 0. The lowest BCUT2D eigenvalue weighted by molar-refractivity contribution is 0.660. The molecule has 0 saturated carbocycles. The molecule has 1 aliphatic carbocycles. The van der Waals surface area contributed by atoms with Crippen LogP contribution in [0.25, 0.3) is 138 Å². The zero-order valence-electron chi connectivity index (χ0n) is 49.6. The van der Waals surface area contributed by atoms with Crippen LogP contribution < -0.4 is 4.90 Å². The van der Waals surface area contributed by atoms with Crippen LogP contribution in [0.4, 0.5) is 17.1 Å². The summed E-state index contributed by atoms with van der Waals surface area (Å²) >= 11 is 0. The Kier molecular flexibility index (Phi) is 12.3. The van der Waals surface area contributed by atoms with Gasteiger partial charge >= 0.3 is 0 Å². The summed E-state index contributed by atoms with van der Waals surface area (Å²) in [5.74, 6) is 0. The van der Waals surface area contributed by atoms with Crippen LogP contribution in [0.5, 0.6) is 0 Å². The summed E-state index contributed by atoms with van der Waals surface area (Å²) < 4.78 is 2.42. The maximum absolute atomic E-state index is 2.42. The Morgan fingerprint density at radius 1 is 0.247 bits per heavy atom. The SMILES string of the molecule is CC1(C)c2ccccc2-c2ccc(N(c3ccc(-c4ccccc4)cc3)c3ccc(-c4ccc5c(c4)c4cc(-c6cccc(-c7c(-c8ccc9ccccc9c8)ccc8ccc(-c9ccc%10ccccc%10c9)cc78)c6)ccc4n5-c4ccccc4)cc3)cc21. The van der Waals surface area contributed by atoms with Crippen LogP contribution >= 0.6 is 0 Å². The van der Waals surface area contributed by atoms with Gasteiger partial charge in [-0.15, -0.1) is 0 Å². The predicted octanol–water partition coefficient (Wildman–Crippen LogP) is 24.0. The van der Waals surface area contributed by atoms with E-state index in [4.69, 9.17) is 0 Å². The highest BCUT2D eigenvalue weighted by atomic mass is 15.1. The maximum atomic E-state index is 2.42. The van der Waals surface area contributed by atoms with Crippen LogP contribution in [0, 0.1) is 0 Å². The van der Waals surface area contributed by atoms with Crippen molar-refractivity contribution in [3.8, 4) is 83.6 Å². The second kappa shape index (κ2) is 21.0. The molecule has 418 valence electrons. The molecule has 1 aromatic heterocycles.